The molecule has 0 atom stereocenters. The van der Waals surface area contributed by atoms with Crippen molar-refractivity contribution in [3.8, 4) is 0 Å². The standard InChI is InChI=1S/C12H23NO2/c1-11(14)6-4-5-7-13-8-9-15-10-12(13,2)3/h4-10H2,1-3H3. The highest BCUT2D eigenvalue weighted by molar-refractivity contribution is 5.75. The van der Waals surface area contributed by atoms with Gasteiger partial charge in [-0.2, -0.15) is 0 Å². The number of hydrogen-bond acceptors (Lipinski definition) is 3. The quantitative estimate of drug-likeness (QED) is 0.653. The number of morpholine rings is 1. The molecule has 0 aromatic carbocycles. The van der Waals surface area contributed by atoms with Crippen LogP contribution in [0.5, 0.6) is 0 Å². The number of ether oxygens (including phenoxy) is 1. The normalized spacial score (nSPS) is 21.5. The molecule has 15 heavy (non-hydrogen) atoms. The van der Waals surface area contributed by atoms with E-state index in [9.17, 15) is 4.79 Å². The van der Waals surface area contributed by atoms with E-state index in [4.69, 9.17) is 4.74 Å². The minimum absolute atomic E-state index is 0.161. The number of rotatable bonds is 5. The number of carbonyl (C=O) groups is 1. The Morgan fingerprint density at radius 1 is 1.40 bits per heavy atom. The van der Waals surface area contributed by atoms with Crippen molar-refractivity contribution in [2.75, 3.05) is 26.3 Å². The van der Waals surface area contributed by atoms with Crippen molar-refractivity contribution in [3.63, 3.8) is 0 Å². The van der Waals surface area contributed by atoms with Crippen molar-refractivity contribution in [2.45, 2.75) is 45.6 Å². The fourth-order valence-corrected chi connectivity index (χ4v) is 1.98. The van der Waals surface area contributed by atoms with E-state index in [-0.39, 0.29) is 5.54 Å². The van der Waals surface area contributed by atoms with Crippen molar-refractivity contribution in [2.24, 2.45) is 0 Å². The molecule has 1 saturated heterocycles. The third-order valence-electron chi connectivity index (χ3n) is 3.02. The summed E-state index contributed by atoms with van der Waals surface area (Å²) in [4.78, 5) is 13.3. The Kier molecular flexibility index (Phi) is 4.74. The molecule has 0 aromatic rings. The molecule has 88 valence electrons. The van der Waals surface area contributed by atoms with E-state index in [1.165, 1.54) is 0 Å². The lowest BCUT2D eigenvalue weighted by Crippen LogP contribution is -2.53. The van der Waals surface area contributed by atoms with Crippen molar-refractivity contribution in [3.05, 3.63) is 0 Å². The third kappa shape index (κ3) is 4.31. The maximum Gasteiger partial charge on any atom is 0.129 e. The molecular formula is C12H23NO2. The fraction of sp³-hybridized carbons (Fsp3) is 0.917. The molecule has 1 aliphatic heterocycles. The van der Waals surface area contributed by atoms with Gasteiger partial charge in [-0.05, 0) is 40.2 Å². The lowest BCUT2D eigenvalue weighted by molar-refractivity contribution is -0.117. The molecule has 1 aliphatic rings. The Balaban J connectivity index is 2.21. The molecule has 0 aromatic heterocycles. The molecule has 1 rings (SSSR count). The van der Waals surface area contributed by atoms with E-state index in [0.29, 0.717) is 5.78 Å². The van der Waals surface area contributed by atoms with Crippen LogP contribution in [0.25, 0.3) is 0 Å². The second kappa shape index (κ2) is 5.61. The Labute approximate surface area is 92.8 Å². The van der Waals surface area contributed by atoms with Gasteiger partial charge in [-0.1, -0.05) is 0 Å². The fourth-order valence-electron chi connectivity index (χ4n) is 1.98. The van der Waals surface area contributed by atoms with Gasteiger partial charge in [-0.25, -0.2) is 0 Å². The summed E-state index contributed by atoms with van der Waals surface area (Å²) in [6.07, 6.45) is 2.86. The predicted octanol–water partition coefficient (Wildman–Crippen LogP) is 1.86. The molecule has 1 heterocycles. The zero-order valence-electron chi connectivity index (χ0n) is 10.2. The highest BCUT2D eigenvalue weighted by Crippen LogP contribution is 2.19. The minimum atomic E-state index is 0.161. The largest absolute Gasteiger partial charge is 0.378 e. The molecule has 0 bridgehead atoms. The van der Waals surface area contributed by atoms with Crippen LogP contribution in [0.4, 0.5) is 0 Å². The summed E-state index contributed by atoms with van der Waals surface area (Å²) >= 11 is 0. The first-order chi connectivity index (χ1) is 7.02. The molecule has 1 fully saturated rings. The summed E-state index contributed by atoms with van der Waals surface area (Å²) < 4.78 is 5.46. The van der Waals surface area contributed by atoms with Gasteiger partial charge in [0.1, 0.15) is 5.78 Å². The first-order valence-corrected chi connectivity index (χ1v) is 5.84. The van der Waals surface area contributed by atoms with E-state index in [2.05, 4.69) is 18.7 Å². The van der Waals surface area contributed by atoms with Crippen LogP contribution in [0.2, 0.25) is 0 Å². The predicted molar refractivity (Wildman–Crippen MR) is 61.0 cm³/mol. The van der Waals surface area contributed by atoms with Gasteiger partial charge in [0.2, 0.25) is 0 Å². The van der Waals surface area contributed by atoms with Gasteiger partial charge in [0.05, 0.1) is 13.2 Å². The molecule has 0 radical (unpaired) electrons. The molecule has 0 aliphatic carbocycles. The van der Waals surface area contributed by atoms with Crippen LogP contribution in [-0.2, 0) is 9.53 Å². The van der Waals surface area contributed by atoms with E-state index in [0.717, 1.165) is 45.6 Å². The molecule has 3 nitrogen and oxygen atoms in total. The second-order valence-corrected chi connectivity index (χ2v) is 5.01. The summed E-state index contributed by atoms with van der Waals surface area (Å²) in [5.41, 5.74) is 0.161. The number of ketones is 1. The SMILES string of the molecule is CC(=O)CCCCN1CCOCC1(C)C. The number of carbonyl (C=O) groups excluding carboxylic acids is 1. The van der Waals surface area contributed by atoms with E-state index < -0.39 is 0 Å². The Bertz CT molecular complexity index is 214. The number of hydrogen-bond donors (Lipinski definition) is 0. The average molecular weight is 213 g/mol. The highest BCUT2D eigenvalue weighted by atomic mass is 16.5. The molecule has 0 spiro atoms. The van der Waals surface area contributed by atoms with Gasteiger partial charge in [0, 0.05) is 18.5 Å². The van der Waals surface area contributed by atoms with Crippen LogP contribution >= 0.6 is 0 Å². The van der Waals surface area contributed by atoms with Gasteiger partial charge in [-0.3, -0.25) is 4.90 Å². The van der Waals surface area contributed by atoms with Gasteiger partial charge >= 0.3 is 0 Å². The Morgan fingerprint density at radius 3 is 2.73 bits per heavy atom. The lowest BCUT2D eigenvalue weighted by Gasteiger charge is -2.42. The van der Waals surface area contributed by atoms with E-state index in [1.807, 2.05) is 0 Å². The molecule has 0 saturated carbocycles. The maximum absolute atomic E-state index is 10.8. The van der Waals surface area contributed by atoms with Gasteiger partial charge < -0.3 is 9.53 Å². The van der Waals surface area contributed by atoms with Crippen molar-refractivity contribution in [1.29, 1.82) is 0 Å². The van der Waals surface area contributed by atoms with Crippen LogP contribution in [0, 0.1) is 0 Å². The molecule has 0 N–H and O–H groups in total. The minimum Gasteiger partial charge on any atom is -0.378 e. The van der Waals surface area contributed by atoms with E-state index >= 15 is 0 Å². The molecular weight excluding hydrogens is 190 g/mol. The smallest absolute Gasteiger partial charge is 0.129 e. The van der Waals surface area contributed by atoms with Gasteiger partial charge in [0.15, 0.2) is 0 Å². The summed E-state index contributed by atoms with van der Waals surface area (Å²) in [5, 5.41) is 0. The van der Waals surface area contributed by atoms with Crippen LogP contribution in [0.15, 0.2) is 0 Å². The number of Topliss-reactive ketones (excluding diaryl/α,β-unsaturated/α-hetero) is 1. The lowest BCUT2D eigenvalue weighted by atomic mass is 10.0. The van der Waals surface area contributed by atoms with Crippen molar-refractivity contribution >= 4 is 5.78 Å². The van der Waals surface area contributed by atoms with Crippen LogP contribution in [0.3, 0.4) is 0 Å². The monoisotopic (exact) mass is 213 g/mol. The topological polar surface area (TPSA) is 29.5 Å². The zero-order chi connectivity index (χ0) is 11.3. The van der Waals surface area contributed by atoms with Crippen molar-refractivity contribution in [1.82, 2.24) is 4.90 Å². The summed E-state index contributed by atoms with van der Waals surface area (Å²) in [6, 6.07) is 0. The number of nitrogens with zero attached hydrogens (tertiary/aromatic N) is 1. The second-order valence-electron chi connectivity index (χ2n) is 5.01. The Morgan fingerprint density at radius 2 is 2.13 bits per heavy atom. The van der Waals surface area contributed by atoms with E-state index in [1.54, 1.807) is 6.92 Å². The van der Waals surface area contributed by atoms with Crippen LogP contribution < -0.4 is 0 Å². The van der Waals surface area contributed by atoms with Crippen molar-refractivity contribution < 1.29 is 9.53 Å². The Hall–Kier alpha value is -0.410. The van der Waals surface area contributed by atoms with Gasteiger partial charge in [0.25, 0.3) is 0 Å². The number of unbranched alkanes of at least 4 members (excludes halogenated alkanes) is 1. The molecule has 0 unspecified atom stereocenters. The zero-order valence-corrected chi connectivity index (χ0v) is 10.2. The summed E-state index contributed by atoms with van der Waals surface area (Å²) in [7, 11) is 0. The average Bonchev–Trinajstić information content (AvgIpc) is 2.13. The molecule has 3 heteroatoms. The van der Waals surface area contributed by atoms with Crippen LogP contribution in [-0.4, -0.2) is 42.5 Å². The van der Waals surface area contributed by atoms with Gasteiger partial charge in [-0.15, -0.1) is 0 Å². The van der Waals surface area contributed by atoms with Crippen LogP contribution in [0.1, 0.15) is 40.0 Å². The highest BCUT2D eigenvalue weighted by Gasteiger charge is 2.29. The third-order valence-corrected chi connectivity index (χ3v) is 3.02. The first kappa shape index (κ1) is 12.7. The first-order valence-electron chi connectivity index (χ1n) is 5.84. The molecule has 0 amide bonds. The summed E-state index contributed by atoms with van der Waals surface area (Å²) in [6.45, 7) is 9.87. The maximum atomic E-state index is 10.8. The summed E-state index contributed by atoms with van der Waals surface area (Å²) in [5.74, 6) is 0.302.